The number of tetrazole rings is 1. The summed E-state index contributed by atoms with van der Waals surface area (Å²) in [5, 5.41) is 10.8. The number of hydrogen-bond acceptors (Lipinski definition) is 7. The number of amides is 1. The van der Waals surface area contributed by atoms with E-state index in [0.29, 0.717) is 17.9 Å². The van der Waals surface area contributed by atoms with Crippen molar-refractivity contribution < 1.29 is 17.9 Å². The van der Waals surface area contributed by atoms with Crippen molar-refractivity contribution in [3.05, 3.63) is 54.9 Å². The number of aromatic nitrogens is 4. The molecule has 0 spiro atoms. The monoisotopic (exact) mass is 386 g/mol. The minimum absolute atomic E-state index is 0.0364. The topological polar surface area (TPSA) is 119 Å². The zero-order valence-corrected chi connectivity index (χ0v) is 14.7. The summed E-state index contributed by atoms with van der Waals surface area (Å²) in [7, 11) is -3.91. The number of para-hydroxylation sites is 2. The van der Waals surface area contributed by atoms with Crippen molar-refractivity contribution in [2.45, 2.75) is 4.90 Å². The van der Waals surface area contributed by atoms with Gasteiger partial charge in [0.15, 0.2) is 0 Å². The molecule has 0 unspecified atom stereocenters. The quantitative estimate of drug-likeness (QED) is 0.704. The molecule has 2 heterocycles. The molecule has 11 heteroatoms. The lowest BCUT2D eigenvalue weighted by Gasteiger charge is -2.18. The molecule has 0 radical (unpaired) electrons. The number of anilines is 2. The number of carbonyl (C=O) groups is 1. The molecule has 1 amide bonds. The Hall–Kier alpha value is -3.47. The molecule has 3 aromatic rings. The van der Waals surface area contributed by atoms with Crippen LogP contribution in [0.15, 0.2) is 59.8 Å². The fourth-order valence-corrected chi connectivity index (χ4v) is 3.80. The van der Waals surface area contributed by atoms with Crippen LogP contribution in [-0.2, 0) is 14.8 Å². The average molecular weight is 386 g/mol. The van der Waals surface area contributed by atoms with Gasteiger partial charge in [0, 0.05) is 0 Å². The fraction of sp³-hybridized carbons (Fsp3) is 0.125. The summed E-state index contributed by atoms with van der Waals surface area (Å²) in [5.41, 5.74) is 1.21. The maximum Gasteiger partial charge on any atom is 0.414 e. The number of rotatable bonds is 5. The Labute approximate surface area is 154 Å². The van der Waals surface area contributed by atoms with Gasteiger partial charge in [0.05, 0.1) is 28.5 Å². The number of hydrogen-bond donors (Lipinski definition) is 1. The molecule has 10 nitrogen and oxygen atoms in total. The molecule has 0 bridgehead atoms. The fourth-order valence-electron chi connectivity index (χ4n) is 2.68. The van der Waals surface area contributed by atoms with Gasteiger partial charge in [-0.1, -0.05) is 18.2 Å². The molecule has 1 N–H and O–H groups in total. The van der Waals surface area contributed by atoms with Gasteiger partial charge in [0.25, 0.3) is 10.0 Å². The lowest BCUT2D eigenvalue weighted by atomic mass is 10.2. The van der Waals surface area contributed by atoms with E-state index in [2.05, 4.69) is 20.2 Å². The van der Waals surface area contributed by atoms with Gasteiger partial charge in [-0.25, -0.2) is 17.9 Å². The first-order valence-electron chi connectivity index (χ1n) is 7.94. The van der Waals surface area contributed by atoms with Crippen LogP contribution in [0.3, 0.4) is 0 Å². The average Bonchev–Trinajstić information content (AvgIpc) is 3.34. The van der Waals surface area contributed by atoms with Crippen molar-refractivity contribution >= 4 is 27.5 Å². The summed E-state index contributed by atoms with van der Waals surface area (Å²) in [6.07, 6.45) is 0.857. The minimum Gasteiger partial charge on any atom is -0.447 e. The lowest BCUT2D eigenvalue weighted by Crippen LogP contribution is -2.25. The van der Waals surface area contributed by atoms with Gasteiger partial charge in [-0.05, 0) is 40.8 Å². The Morgan fingerprint density at radius 3 is 2.70 bits per heavy atom. The predicted octanol–water partition coefficient (Wildman–Crippen LogP) is 1.42. The second-order valence-corrected chi connectivity index (χ2v) is 7.32. The number of nitrogens with one attached hydrogen (secondary N) is 1. The number of cyclic esters (lactones) is 1. The number of benzene rings is 2. The molecule has 0 saturated carbocycles. The number of nitrogens with zero attached hydrogens (tertiary/aromatic N) is 5. The second-order valence-electron chi connectivity index (χ2n) is 5.64. The van der Waals surface area contributed by atoms with Gasteiger partial charge in [-0.2, -0.15) is 0 Å². The second kappa shape index (κ2) is 6.68. The Bertz CT molecular complexity index is 1080. The smallest absolute Gasteiger partial charge is 0.414 e. The van der Waals surface area contributed by atoms with Crippen LogP contribution >= 0.6 is 0 Å². The van der Waals surface area contributed by atoms with Gasteiger partial charge in [0.2, 0.25) is 0 Å². The van der Waals surface area contributed by atoms with E-state index in [-0.39, 0.29) is 17.2 Å². The van der Waals surface area contributed by atoms with Crippen molar-refractivity contribution in [3.63, 3.8) is 0 Å². The van der Waals surface area contributed by atoms with Crippen LogP contribution in [0.1, 0.15) is 0 Å². The van der Waals surface area contributed by atoms with Crippen LogP contribution in [0, 0.1) is 0 Å². The van der Waals surface area contributed by atoms with Crippen molar-refractivity contribution in [2.75, 3.05) is 22.8 Å². The lowest BCUT2D eigenvalue weighted by molar-refractivity contribution is 0.181. The van der Waals surface area contributed by atoms with Gasteiger partial charge < -0.3 is 4.74 Å². The molecule has 1 aromatic heterocycles. The molecule has 4 rings (SSSR count). The third-order valence-electron chi connectivity index (χ3n) is 3.94. The van der Waals surface area contributed by atoms with E-state index in [1.54, 1.807) is 36.4 Å². The van der Waals surface area contributed by atoms with Crippen LogP contribution in [-0.4, -0.2) is 47.9 Å². The third-order valence-corrected chi connectivity index (χ3v) is 5.30. The number of sulfonamides is 1. The van der Waals surface area contributed by atoms with E-state index in [1.807, 2.05) is 0 Å². The van der Waals surface area contributed by atoms with Crippen molar-refractivity contribution in [3.8, 4) is 5.69 Å². The molecule has 2 aromatic carbocycles. The molecule has 0 aliphatic carbocycles. The maximum absolute atomic E-state index is 12.9. The summed E-state index contributed by atoms with van der Waals surface area (Å²) < 4.78 is 34.6. The molecular formula is C16H14N6O4S. The minimum atomic E-state index is -3.91. The molecule has 1 aliphatic rings. The summed E-state index contributed by atoms with van der Waals surface area (Å²) in [5.74, 6) is 0. The van der Waals surface area contributed by atoms with E-state index >= 15 is 0 Å². The number of carbonyl (C=O) groups excluding carboxylic acids is 1. The van der Waals surface area contributed by atoms with Gasteiger partial charge in [0.1, 0.15) is 12.9 Å². The normalized spacial score (nSPS) is 14.2. The van der Waals surface area contributed by atoms with E-state index in [1.165, 1.54) is 28.0 Å². The first-order chi connectivity index (χ1) is 13.0. The largest absolute Gasteiger partial charge is 0.447 e. The van der Waals surface area contributed by atoms with E-state index in [4.69, 9.17) is 4.74 Å². The molecule has 1 saturated heterocycles. The number of ether oxygens (including phenoxy) is 1. The van der Waals surface area contributed by atoms with Crippen LogP contribution < -0.4 is 9.62 Å². The van der Waals surface area contributed by atoms with Gasteiger partial charge >= 0.3 is 6.09 Å². The summed E-state index contributed by atoms with van der Waals surface area (Å²) in [6, 6.07) is 12.8. The van der Waals surface area contributed by atoms with Gasteiger partial charge in [-0.15, -0.1) is 5.10 Å². The predicted molar refractivity (Wildman–Crippen MR) is 95.1 cm³/mol. The van der Waals surface area contributed by atoms with Crippen LogP contribution in [0.2, 0.25) is 0 Å². The molecule has 1 fully saturated rings. The first-order valence-corrected chi connectivity index (χ1v) is 9.42. The molecule has 138 valence electrons. The van der Waals surface area contributed by atoms with Crippen LogP contribution in [0.25, 0.3) is 5.69 Å². The summed E-state index contributed by atoms with van der Waals surface area (Å²) >= 11 is 0. The van der Waals surface area contributed by atoms with Gasteiger partial charge in [-0.3, -0.25) is 9.62 Å². The summed E-state index contributed by atoms with van der Waals surface area (Å²) in [4.78, 5) is 13.3. The highest BCUT2D eigenvalue weighted by atomic mass is 32.2. The maximum atomic E-state index is 12.9. The third kappa shape index (κ3) is 3.31. The molecular weight excluding hydrogens is 372 g/mol. The van der Waals surface area contributed by atoms with Crippen molar-refractivity contribution in [2.24, 2.45) is 0 Å². The van der Waals surface area contributed by atoms with Crippen molar-refractivity contribution in [1.29, 1.82) is 0 Å². The Balaban J connectivity index is 1.67. The van der Waals surface area contributed by atoms with Crippen LogP contribution in [0.4, 0.5) is 16.2 Å². The Morgan fingerprint density at radius 2 is 1.96 bits per heavy atom. The first kappa shape index (κ1) is 17.0. The molecule has 27 heavy (non-hydrogen) atoms. The van der Waals surface area contributed by atoms with E-state index in [9.17, 15) is 13.2 Å². The Kier molecular flexibility index (Phi) is 4.20. The highest BCUT2D eigenvalue weighted by Crippen LogP contribution is 2.30. The van der Waals surface area contributed by atoms with Crippen molar-refractivity contribution in [1.82, 2.24) is 20.2 Å². The Morgan fingerprint density at radius 1 is 1.11 bits per heavy atom. The zero-order chi connectivity index (χ0) is 18.9. The van der Waals surface area contributed by atoms with E-state index < -0.39 is 16.1 Å². The molecule has 0 atom stereocenters. The zero-order valence-electron chi connectivity index (χ0n) is 13.9. The molecule has 1 aliphatic heterocycles. The standard InChI is InChI=1S/C16H14N6O4S/c23-16-21(8-9-26-16)15-7-2-1-6-14(15)18-27(24,25)13-5-3-4-12(10-13)22-11-17-19-20-22/h1-7,10-11,18H,8-9H2. The SMILES string of the molecule is O=C1OCCN1c1ccccc1NS(=O)(=O)c1cccc(-n2cnnn2)c1. The van der Waals surface area contributed by atoms with Crippen LogP contribution in [0.5, 0.6) is 0 Å². The highest BCUT2D eigenvalue weighted by Gasteiger charge is 2.27. The summed E-state index contributed by atoms with van der Waals surface area (Å²) in [6.45, 7) is 0.611. The highest BCUT2D eigenvalue weighted by molar-refractivity contribution is 7.92. The van der Waals surface area contributed by atoms with E-state index in [0.717, 1.165) is 0 Å².